The number of likely N-dealkylation sites (N-methyl/N-ethyl adjacent to an activating group) is 1. The number of amides is 1. The van der Waals surface area contributed by atoms with Crippen molar-refractivity contribution in [1.29, 1.82) is 0 Å². The number of nitrogens with one attached hydrogen (secondary N) is 2. The molecule has 1 heterocycles. The summed E-state index contributed by atoms with van der Waals surface area (Å²) in [5.74, 6) is 0.0832. The molecular formula is C11H21N3O. The molecule has 2 atom stereocenters. The minimum atomic E-state index is -0.0702. The molecule has 0 bridgehead atoms. The molecule has 4 heteroatoms. The van der Waals surface area contributed by atoms with Gasteiger partial charge in [-0.05, 0) is 26.2 Å². The van der Waals surface area contributed by atoms with E-state index in [2.05, 4.69) is 15.5 Å². The second-order valence-electron chi connectivity index (χ2n) is 4.71. The van der Waals surface area contributed by atoms with Crippen LogP contribution < -0.4 is 10.6 Å². The second-order valence-corrected chi connectivity index (χ2v) is 4.71. The monoisotopic (exact) mass is 211 g/mol. The molecule has 15 heavy (non-hydrogen) atoms. The average Bonchev–Trinajstić information content (AvgIpc) is 2.99. The Hall–Kier alpha value is -0.610. The van der Waals surface area contributed by atoms with Gasteiger partial charge in [0, 0.05) is 32.2 Å². The molecule has 2 rings (SSSR count). The van der Waals surface area contributed by atoms with E-state index >= 15 is 0 Å². The lowest BCUT2D eigenvalue weighted by Crippen LogP contribution is -2.46. The van der Waals surface area contributed by atoms with E-state index in [1.54, 1.807) is 7.05 Å². The summed E-state index contributed by atoms with van der Waals surface area (Å²) >= 11 is 0. The van der Waals surface area contributed by atoms with Gasteiger partial charge in [0.25, 0.3) is 0 Å². The van der Waals surface area contributed by atoms with Crippen LogP contribution in [0.5, 0.6) is 0 Å². The zero-order chi connectivity index (χ0) is 10.8. The number of carbonyl (C=O) groups excluding carboxylic acids is 1. The Balaban J connectivity index is 1.73. The van der Waals surface area contributed by atoms with E-state index in [-0.39, 0.29) is 11.9 Å². The maximum absolute atomic E-state index is 11.3. The first-order valence-electron chi connectivity index (χ1n) is 5.92. The lowest BCUT2D eigenvalue weighted by molar-refractivity contribution is -0.122. The van der Waals surface area contributed by atoms with Crippen molar-refractivity contribution in [2.45, 2.75) is 44.3 Å². The highest BCUT2D eigenvalue weighted by molar-refractivity contribution is 5.80. The van der Waals surface area contributed by atoms with Gasteiger partial charge in [-0.2, -0.15) is 0 Å². The van der Waals surface area contributed by atoms with Crippen molar-refractivity contribution >= 4 is 5.91 Å². The van der Waals surface area contributed by atoms with Gasteiger partial charge in [-0.15, -0.1) is 0 Å². The van der Waals surface area contributed by atoms with Gasteiger partial charge >= 0.3 is 0 Å². The third-order valence-corrected chi connectivity index (χ3v) is 3.41. The summed E-state index contributed by atoms with van der Waals surface area (Å²) in [4.78, 5) is 13.9. The maximum atomic E-state index is 11.3. The Bertz CT molecular complexity index is 240. The fraction of sp³-hybridized carbons (Fsp3) is 0.909. The minimum Gasteiger partial charge on any atom is -0.358 e. The molecule has 1 amide bonds. The van der Waals surface area contributed by atoms with Crippen molar-refractivity contribution in [1.82, 2.24) is 15.5 Å². The van der Waals surface area contributed by atoms with E-state index in [0.717, 1.165) is 12.6 Å². The summed E-state index contributed by atoms with van der Waals surface area (Å²) < 4.78 is 0. The second kappa shape index (κ2) is 4.49. The van der Waals surface area contributed by atoms with E-state index in [1.807, 2.05) is 6.92 Å². The maximum Gasteiger partial charge on any atom is 0.236 e. The fourth-order valence-corrected chi connectivity index (χ4v) is 2.34. The smallest absolute Gasteiger partial charge is 0.236 e. The molecule has 0 aromatic carbocycles. The Morgan fingerprint density at radius 1 is 1.40 bits per heavy atom. The van der Waals surface area contributed by atoms with Gasteiger partial charge in [0.1, 0.15) is 0 Å². The topological polar surface area (TPSA) is 44.4 Å². The molecule has 1 aliphatic carbocycles. The molecular weight excluding hydrogens is 190 g/mol. The summed E-state index contributed by atoms with van der Waals surface area (Å²) in [6.45, 7) is 4.24. The molecule has 1 saturated carbocycles. The molecule has 1 aliphatic heterocycles. The average molecular weight is 211 g/mol. The summed E-state index contributed by atoms with van der Waals surface area (Å²) in [7, 11) is 1.69. The normalized spacial score (nSPS) is 29.1. The van der Waals surface area contributed by atoms with E-state index in [4.69, 9.17) is 0 Å². The largest absolute Gasteiger partial charge is 0.358 e. The van der Waals surface area contributed by atoms with Gasteiger partial charge in [-0.1, -0.05) is 0 Å². The summed E-state index contributed by atoms with van der Waals surface area (Å²) in [6.07, 6.45) is 3.92. The van der Waals surface area contributed by atoms with Crippen LogP contribution in [-0.4, -0.2) is 49.1 Å². The predicted molar refractivity (Wildman–Crippen MR) is 59.7 cm³/mol. The molecule has 2 unspecified atom stereocenters. The van der Waals surface area contributed by atoms with Gasteiger partial charge in [-0.25, -0.2) is 0 Å². The van der Waals surface area contributed by atoms with Crippen LogP contribution >= 0.6 is 0 Å². The molecule has 0 spiro atoms. The molecule has 0 radical (unpaired) electrons. The van der Waals surface area contributed by atoms with Gasteiger partial charge in [-0.3, -0.25) is 9.69 Å². The predicted octanol–water partition coefficient (Wildman–Crippen LogP) is -0.0528. The van der Waals surface area contributed by atoms with Crippen LogP contribution in [0.1, 0.15) is 26.2 Å². The summed E-state index contributed by atoms with van der Waals surface area (Å²) in [5, 5.41) is 6.06. The molecule has 2 fully saturated rings. The SMILES string of the molecule is CNC(=O)C(C)NC1CCN(C2CC2)C1. The molecule has 4 nitrogen and oxygen atoms in total. The molecule has 86 valence electrons. The quantitative estimate of drug-likeness (QED) is 0.685. The number of nitrogens with zero attached hydrogens (tertiary/aromatic N) is 1. The van der Waals surface area contributed by atoms with Crippen molar-refractivity contribution in [2.75, 3.05) is 20.1 Å². The minimum absolute atomic E-state index is 0.0702. The first-order valence-corrected chi connectivity index (χ1v) is 5.92. The number of likely N-dealkylation sites (tertiary alicyclic amines) is 1. The highest BCUT2D eigenvalue weighted by Crippen LogP contribution is 2.29. The summed E-state index contributed by atoms with van der Waals surface area (Å²) in [6, 6.07) is 1.28. The zero-order valence-corrected chi connectivity index (χ0v) is 9.62. The van der Waals surface area contributed by atoms with Crippen molar-refractivity contribution < 1.29 is 4.79 Å². The summed E-state index contributed by atoms with van der Waals surface area (Å²) in [5.41, 5.74) is 0. The van der Waals surface area contributed by atoms with Crippen LogP contribution in [-0.2, 0) is 4.79 Å². The van der Waals surface area contributed by atoms with Gasteiger partial charge in [0.05, 0.1) is 6.04 Å². The zero-order valence-electron chi connectivity index (χ0n) is 9.62. The number of hydrogen-bond acceptors (Lipinski definition) is 3. The van der Waals surface area contributed by atoms with Crippen LogP contribution in [0.4, 0.5) is 0 Å². The number of hydrogen-bond donors (Lipinski definition) is 2. The van der Waals surface area contributed by atoms with Crippen LogP contribution in [0.15, 0.2) is 0 Å². The van der Waals surface area contributed by atoms with Crippen LogP contribution in [0.25, 0.3) is 0 Å². The third-order valence-electron chi connectivity index (χ3n) is 3.41. The van der Waals surface area contributed by atoms with Gasteiger partial charge < -0.3 is 10.6 Å². The van der Waals surface area contributed by atoms with Crippen molar-refractivity contribution in [2.24, 2.45) is 0 Å². The number of carbonyl (C=O) groups is 1. The Morgan fingerprint density at radius 2 is 2.13 bits per heavy atom. The van der Waals surface area contributed by atoms with E-state index in [1.165, 1.54) is 25.8 Å². The van der Waals surface area contributed by atoms with Gasteiger partial charge in [0.2, 0.25) is 5.91 Å². The lowest BCUT2D eigenvalue weighted by atomic mass is 10.2. The Kier molecular flexibility index (Phi) is 3.26. The van der Waals surface area contributed by atoms with Crippen molar-refractivity contribution in [3.05, 3.63) is 0 Å². The van der Waals surface area contributed by atoms with Crippen LogP contribution in [0, 0.1) is 0 Å². The van der Waals surface area contributed by atoms with Crippen LogP contribution in [0.3, 0.4) is 0 Å². The van der Waals surface area contributed by atoms with E-state index in [0.29, 0.717) is 6.04 Å². The van der Waals surface area contributed by atoms with Gasteiger partial charge in [0.15, 0.2) is 0 Å². The van der Waals surface area contributed by atoms with Crippen molar-refractivity contribution in [3.8, 4) is 0 Å². The van der Waals surface area contributed by atoms with Crippen molar-refractivity contribution in [3.63, 3.8) is 0 Å². The standard InChI is InChI=1S/C11H21N3O/c1-8(11(15)12-2)13-9-5-6-14(7-9)10-3-4-10/h8-10,13H,3-7H2,1-2H3,(H,12,15). The fourth-order valence-electron chi connectivity index (χ4n) is 2.34. The molecule has 2 N–H and O–H groups in total. The Labute approximate surface area is 91.4 Å². The highest BCUT2D eigenvalue weighted by atomic mass is 16.2. The first kappa shape index (κ1) is 10.9. The molecule has 0 aromatic heterocycles. The van der Waals surface area contributed by atoms with E-state index < -0.39 is 0 Å². The molecule has 2 aliphatic rings. The third kappa shape index (κ3) is 2.69. The number of rotatable bonds is 4. The molecule has 1 saturated heterocycles. The highest BCUT2D eigenvalue weighted by Gasteiger charge is 2.34. The van der Waals surface area contributed by atoms with E-state index in [9.17, 15) is 4.79 Å². The van der Waals surface area contributed by atoms with Crippen LogP contribution in [0.2, 0.25) is 0 Å². The first-order chi connectivity index (χ1) is 7.20. The Morgan fingerprint density at radius 3 is 2.73 bits per heavy atom. The molecule has 0 aromatic rings. The lowest BCUT2D eigenvalue weighted by Gasteiger charge is -2.19.